The van der Waals surface area contributed by atoms with Crippen LogP contribution in [0.25, 0.3) is 11.1 Å². The van der Waals surface area contributed by atoms with Crippen LogP contribution in [0.2, 0.25) is 10.0 Å². The second-order valence-electron chi connectivity index (χ2n) is 10.1. The molecule has 0 aliphatic heterocycles. The van der Waals surface area contributed by atoms with Crippen LogP contribution in [0.4, 0.5) is 0 Å². The van der Waals surface area contributed by atoms with Crippen LogP contribution in [-0.4, -0.2) is 95.1 Å². The Kier molecular flexibility index (Phi) is 16.5. The monoisotopic (exact) mass is 725 g/mol. The van der Waals surface area contributed by atoms with E-state index >= 15 is 0 Å². The molecule has 3 rings (SSSR count). The lowest BCUT2D eigenvalue weighted by molar-refractivity contribution is -0.344. The molecule has 0 aromatic heterocycles. The topological polar surface area (TPSA) is 178 Å². The van der Waals surface area contributed by atoms with Gasteiger partial charge in [-0.2, -0.15) is 0 Å². The summed E-state index contributed by atoms with van der Waals surface area (Å²) < 4.78 is 21.8. The zero-order valence-corrected chi connectivity index (χ0v) is 28.5. The van der Waals surface area contributed by atoms with Crippen molar-refractivity contribution in [3.8, 4) is 22.6 Å². The van der Waals surface area contributed by atoms with Gasteiger partial charge in [0.05, 0.1) is 60.8 Å². The van der Waals surface area contributed by atoms with Crippen LogP contribution in [0.5, 0.6) is 11.5 Å². The number of ether oxygens (including phenoxy) is 4. The molecule has 3 N–H and O–H groups in total. The summed E-state index contributed by atoms with van der Waals surface area (Å²) in [6, 6.07) is 11.4. The number of aliphatic carboxylic acids is 1. The van der Waals surface area contributed by atoms with Gasteiger partial charge in [0.25, 0.3) is 5.91 Å². The highest BCUT2D eigenvalue weighted by Gasteiger charge is 2.25. The third kappa shape index (κ3) is 12.1. The van der Waals surface area contributed by atoms with Crippen molar-refractivity contribution < 1.29 is 63.1 Å². The number of hydrogen-bond donors (Lipinski definition) is 3. The zero-order chi connectivity index (χ0) is 35.8. The first-order chi connectivity index (χ1) is 23.6. The number of methoxy groups -OCH3 is 3. The SMILES string of the molecule is COCCOOCCOOCCOCc1cc(OC)c(-c2ccc(C[C@H](NC(=O)c3c(Cl)cc(C(=O)O)cc3Cl)C(=O)O)cc2)c(OC)c1. The van der Waals surface area contributed by atoms with Crippen LogP contribution in [0.1, 0.15) is 31.8 Å². The van der Waals surface area contributed by atoms with E-state index in [2.05, 4.69) is 5.32 Å². The van der Waals surface area contributed by atoms with E-state index in [1.165, 1.54) is 14.2 Å². The van der Waals surface area contributed by atoms with E-state index in [9.17, 15) is 24.6 Å². The van der Waals surface area contributed by atoms with Crippen LogP contribution in [0.3, 0.4) is 0 Å². The summed E-state index contributed by atoms with van der Waals surface area (Å²) in [5.41, 5.74) is 2.35. The van der Waals surface area contributed by atoms with Gasteiger partial charge in [0.1, 0.15) is 44.0 Å². The molecule has 0 fully saturated rings. The van der Waals surface area contributed by atoms with Crippen molar-refractivity contribution in [3.05, 3.63) is 80.8 Å². The highest BCUT2D eigenvalue weighted by Crippen LogP contribution is 2.40. The molecule has 3 aromatic carbocycles. The second-order valence-corrected chi connectivity index (χ2v) is 10.9. The summed E-state index contributed by atoms with van der Waals surface area (Å²) in [7, 11) is 4.62. The molecule has 266 valence electrons. The minimum atomic E-state index is -1.34. The van der Waals surface area contributed by atoms with E-state index < -0.39 is 23.9 Å². The molecule has 0 heterocycles. The first kappa shape index (κ1) is 39.4. The van der Waals surface area contributed by atoms with E-state index in [1.54, 1.807) is 31.4 Å². The molecule has 14 nitrogen and oxygen atoms in total. The Bertz CT molecular complexity index is 1500. The normalized spacial score (nSPS) is 11.6. The molecule has 0 saturated heterocycles. The number of hydrogen-bond acceptors (Lipinski definition) is 11. The van der Waals surface area contributed by atoms with Gasteiger partial charge in [-0.25, -0.2) is 29.1 Å². The quantitative estimate of drug-likeness (QED) is 0.0728. The van der Waals surface area contributed by atoms with Crippen LogP contribution < -0.4 is 14.8 Å². The average molecular weight is 727 g/mol. The summed E-state index contributed by atoms with van der Waals surface area (Å²) in [5.74, 6) is -2.38. The smallest absolute Gasteiger partial charge is 0.335 e. The fourth-order valence-electron chi connectivity index (χ4n) is 4.43. The zero-order valence-electron chi connectivity index (χ0n) is 27.0. The van der Waals surface area contributed by atoms with Crippen LogP contribution in [0, 0.1) is 0 Å². The number of carboxylic acids is 2. The van der Waals surface area contributed by atoms with Crippen LogP contribution >= 0.6 is 23.2 Å². The van der Waals surface area contributed by atoms with Crippen molar-refractivity contribution >= 4 is 41.0 Å². The predicted octanol–water partition coefficient (Wildman–Crippen LogP) is 4.86. The summed E-state index contributed by atoms with van der Waals surface area (Å²) in [6.45, 7) is 1.81. The molecule has 0 aliphatic carbocycles. The highest BCUT2D eigenvalue weighted by molar-refractivity contribution is 6.40. The van der Waals surface area contributed by atoms with E-state index in [4.69, 9.17) is 61.7 Å². The van der Waals surface area contributed by atoms with E-state index in [0.29, 0.717) is 35.8 Å². The maximum Gasteiger partial charge on any atom is 0.335 e. The van der Waals surface area contributed by atoms with Gasteiger partial charge < -0.3 is 34.5 Å². The lowest BCUT2D eigenvalue weighted by Gasteiger charge is -2.18. The molecule has 0 radical (unpaired) electrons. The fourth-order valence-corrected chi connectivity index (χ4v) is 5.08. The highest BCUT2D eigenvalue weighted by atomic mass is 35.5. The van der Waals surface area contributed by atoms with Gasteiger partial charge in [0.15, 0.2) is 0 Å². The number of benzene rings is 3. The van der Waals surface area contributed by atoms with Crippen molar-refractivity contribution in [2.45, 2.75) is 19.1 Å². The van der Waals surface area contributed by atoms with E-state index in [-0.39, 0.29) is 60.6 Å². The molecule has 0 bridgehead atoms. The van der Waals surface area contributed by atoms with Crippen molar-refractivity contribution in [3.63, 3.8) is 0 Å². The van der Waals surface area contributed by atoms with Gasteiger partial charge in [-0.1, -0.05) is 47.5 Å². The maximum absolute atomic E-state index is 12.9. The van der Waals surface area contributed by atoms with Gasteiger partial charge in [-0.15, -0.1) is 0 Å². The minimum absolute atomic E-state index is 0.0693. The summed E-state index contributed by atoms with van der Waals surface area (Å²) >= 11 is 12.2. The number of carbonyl (C=O) groups is 3. The van der Waals surface area contributed by atoms with Gasteiger partial charge >= 0.3 is 11.9 Å². The first-order valence-electron chi connectivity index (χ1n) is 14.7. The predicted molar refractivity (Wildman–Crippen MR) is 176 cm³/mol. The average Bonchev–Trinajstić information content (AvgIpc) is 3.07. The van der Waals surface area contributed by atoms with Crippen molar-refractivity contribution in [2.24, 2.45) is 0 Å². The largest absolute Gasteiger partial charge is 0.496 e. The van der Waals surface area contributed by atoms with Gasteiger partial charge in [-0.05, 0) is 41.0 Å². The maximum atomic E-state index is 12.9. The Morgan fingerprint density at radius 1 is 0.735 bits per heavy atom. The van der Waals surface area contributed by atoms with Crippen LogP contribution in [0.15, 0.2) is 48.5 Å². The molecule has 1 atom stereocenters. The summed E-state index contributed by atoms with van der Waals surface area (Å²) in [4.78, 5) is 56.0. The third-order valence-electron chi connectivity index (χ3n) is 6.73. The van der Waals surface area contributed by atoms with Gasteiger partial charge in [-0.3, -0.25) is 4.79 Å². The molecule has 3 aromatic rings. The molecule has 0 saturated carbocycles. The minimum Gasteiger partial charge on any atom is -0.496 e. The van der Waals surface area contributed by atoms with E-state index in [1.807, 2.05) is 12.1 Å². The number of rotatable bonds is 22. The molecular weight excluding hydrogens is 689 g/mol. The molecule has 0 spiro atoms. The fraction of sp³-hybridized carbons (Fsp3) is 0.364. The number of halogens is 2. The lowest BCUT2D eigenvalue weighted by atomic mass is 9.98. The molecule has 16 heteroatoms. The van der Waals surface area contributed by atoms with Gasteiger partial charge in [0, 0.05) is 13.5 Å². The first-order valence-corrected chi connectivity index (χ1v) is 15.5. The Balaban J connectivity index is 1.60. The molecule has 0 aliphatic rings. The number of aromatic carboxylic acids is 1. The molecular formula is C33H37Cl2NO13. The Hall–Kier alpha value is -3.99. The standard InChI is InChI=1S/C33H37Cl2NO13/c1-42-8-10-46-48-12-13-49-47-11-9-45-19-21-15-27(43-2)29(28(16-21)44-3)22-6-4-20(5-7-22)14-26(33(40)41)36-31(37)30-24(34)17-23(32(38)39)18-25(30)35/h4-7,15-18,26H,8-14,19H2,1-3H3,(H,36,37)(H,38,39)(H,40,41)/t26-/m0/s1. The number of carboxylic acid groups (broad SMARTS) is 2. The Labute approximate surface area is 292 Å². The summed E-state index contributed by atoms with van der Waals surface area (Å²) in [5, 5.41) is 21.0. The number of amides is 1. The summed E-state index contributed by atoms with van der Waals surface area (Å²) in [6.07, 6.45) is -0.0693. The molecule has 0 unspecified atom stereocenters. The van der Waals surface area contributed by atoms with Gasteiger partial charge in [0.2, 0.25) is 0 Å². The van der Waals surface area contributed by atoms with E-state index in [0.717, 1.165) is 23.3 Å². The Morgan fingerprint density at radius 2 is 1.27 bits per heavy atom. The van der Waals surface area contributed by atoms with Crippen molar-refractivity contribution in [1.82, 2.24) is 5.32 Å². The van der Waals surface area contributed by atoms with Crippen molar-refractivity contribution in [2.75, 3.05) is 61.0 Å². The van der Waals surface area contributed by atoms with Crippen molar-refractivity contribution in [1.29, 1.82) is 0 Å². The van der Waals surface area contributed by atoms with Crippen LogP contribution in [-0.2, 0) is 46.8 Å². The second kappa shape index (κ2) is 20.5. The number of nitrogens with one attached hydrogen (secondary N) is 1. The molecule has 49 heavy (non-hydrogen) atoms. The Morgan fingerprint density at radius 3 is 1.76 bits per heavy atom. The lowest BCUT2D eigenvalue weighted by Crippen LogP contribution is -2.42. The third-order valence-corrected chi connectivity index (χ3v) is 7.33. The molecule has 1 amide bonds. The number of carbonyl (C=O) groups excluding carboxylic acids is 1.